The molecule has 1 aliphatic heterocycles. The molecule has 3 unspecified atom stereocenters. The highest BCUT2D eigenvalue weighted by atomic mass is 16.1. The van der Waals surface area contributed by atoms with Crippen LogP contribution in [0.25, 0.3) is 0 Å². The number of fused-ring (bicyclic) bond motifs is 1. The van der Waals surface area contributed by atoms with E-state index in [0.717, 1.165) is 31.3 Å². The summed E-state index contributed by atoms with van der Waals surface area (Å²) in [5, 5.41) is 6.24. The quantitative estimate of drug-likeness (QED) is 0.538. The number of carbonyl (C=O) groups is 1. The third-order valence-corrected chi connectivity index (χ3v) is 3.02. The zero-order valence-electron chi connectivity index (χ0n) is 6.55. The maximum absolute atomic E-state index is 10.2. The van der Waals surface area contributed by atoms with E-state index in [0.29, 0.717) is 6.04 Å². The molecule has 1 heterocycles. The highest BCUT2D eigenvalue weighted by Crippen LogP contribution is 2.38. The molecule has 3 atom stereocenters. The Kier molecular flexibility index (Phi) is 1.82. The summed E-state index contributed by atoms with van der Waals surface area (Å²) in [4.78, 5) is 10.2. The van der Waals surface area contributed by atoms with Gasteiger partial charge < -0.3 is 10.6 Å². The van der Waals surface area contributed by atoms with Crippen molar-refractivity contribution in [2.24, 2.45) is 11.8 Å². The fourth-order valence-electron chi connectivity index (χ4n) is 2.32. The molecule has 2 fully saturated rings. The van der Waals surface area contributed by atoms with Crippen molar-refractivity contribution in [2.75, 3.05) is 13.1 Å². The number of nitrogens with one attached hydrogen (secondary N) is 2. The summed E-state index contributed by atoms with van der Waals surface area (Å²) in [7, 11) is 0. The lowest BCUT2D eigenvalue weighted by Crippen LogP contribution is -2.56. The van der Waals surface area contributed by atoms with Crippen LogP contribution in [0.2, 0.25) is 0 Å². The molecule has 3 nitrogen and oxygen atoms in total. The first-order valence-corrected chi connectivity index (χ1v) is 4.32. The van der Waals surface area contributed by atoms with Crippen molar-refractivity contribution in [2.45, 2.75) is 18.9 Å². The Bertz CT molecular complexity index is 160. The Balaban J connectivity index is 1.86. The van der Waals surface area contributed by atoms with Crippen LogP contribution in [0.4, 0.5) is 0 Å². The minimum atomic E-state index is 0.486. The number of piperidine rings is 1. The Morgan fingerprint density at radius 2 is 2.45 bits per heavy atom. The van der Waals surface area contributed by atoms with E-state index in [1.54, 1.807) is 0 Å². The van der Waals surface area contributed by atoms with Crippen LogP contribution >= 0.6 is 0 Å². The molecule has 11 heavy (non-hydrogen) atoms. The molecule has 1 aliphatic carbocycles. The minimum Gasteiger partial charge on any atom is -0.356 e. The predicted octanol–water partition coefficient (Wildman–Crippen LogP) is -0.270. The predicted molar refractivity (Wildman–Crippen MR) is 42.1 cm³/mol. The molecule has 62 valence electrons. The highest BCUT2D eigenvalue weighted by Gasteiger charge is 2.41. The van der Waals surface area contributed by atoms with Crippen LogP contribution in [0, 0.1) is 11.8 Å². The molecule has 1 saturated carbocycles. The van der Waals surface area contributed by atoms with Crippen molar-refractivity contribution in [3.63, 3.8) is 0 Å². The van der Waals surface area contributed by atoms with Crippen molar-refractivity contribution in [3.05, 3.63) is 0 Å². The second-order valence-corrected chi connectivity index (χ2v) is 3.54. The molecule has 0 spiro atoms. The van der Waals surface area contributed by atoms with Crippen LogP contribution in [0.5, 0.6) is 0 Å². The van der Waals surface area contributed by atoms with Crippen LogP contribution in [0.15, 0.2) is 0 Å². The average Bonchev–Trinajstić information content (AvgIpc) is 2.01. The fraction of sp³-hybridized carbons (Fsp3) is 0.875. The first-order chi connectivity index (χ1) is 5.42. The Hall–Kier alpha value is -0.570. The van der Waals surface area contributed by atoms with E-state index < -0.39 is 0 Å². The largest absolute Gasteiger partial charge is 0.356 e. The van der Waals surface area contributed by atoms with E-state index in [1.807, 2.05) is 0 Å². The smallest absolute Gasteiger partial charge is 0.207 e. The minimum absolute atomic E-state index is 0.486. The summed E-state index contributed by atoms with van der Waals surface area (Å²) < 4.78 is 0. The average molecular weight is 154 g/mol. The van der Waals surface area contributed by atoms with Crippen molar-refractivity contribution < 1.29 is 4.79 Å². The van der Waals surface area contributed by atoms with Gasteiger partial charge in [0.05, 0.1) is 0 Å². The number of hydrogen-bond acceptors (Lipinski definition) is 2. The molecule has 2 rings (SSSR count). The summed E-state index contributed by atoms with van der Waals surface area (Å²) >= 11 is 0. The number of rotatable bonds is 2. The first-order valence-electron chi connectivity index (χ1n) is 4.32. The topological polar surface area (TPSA) is 41.1 Å². The summed E-state index contributed by atoms with van der Waals surface area (Å²) in [6.45, 7) is 2.28. The van der Waals surface area contributed by atoms with E-state index >= 15 is 0 Å². The highest BCUT2D eigenvalue weighted by molar-refractivity contribution is 5.47. The molecular formula is C8H14N2O. The van der Waals surface area contributed by atoms with E-state index in [-0.39, 0.29) is 0 Å². The van der Waals surface area contributed by atoms with Gasteiger partial charge in [-0.1, -0.05) is 0 Å². The molecular weight excluding hydrogens is 140 g/mol. The van der Waals surface area contributed by atoms with Gasteiger partial charge in [0.2, 0.25) is 6.41 Å². The van der Waals surface area contributed by atoms with Gasteiger partial charge in [0.1, 0.15) is 0 Å². The van der Waals surface area contributed by atoms with Crippen molar-refractivity contribution in [3.8, 4) is 0 Å². The summed E-state index contributed by atoms with van der Waals surface area (Å²) in [5.74, 6) is 1.60. The lowest BCUT2D eigenvalue weighted by atomic mass is 9.66. The van der Waals surface area contributed by atoms with Gasteiger partial charge in [-0.15, -0.1) is 0 Å². The molecule has 0 bridgehead atoms. The summed E-state index contributed by atoms with van der Waals surface area (Å²) in [6, 6.07) is 0.486. The van der Waals surface area contributed by atoms with E-state index in [4.69, 9.17) is 0 Å². The van der Waals surface area contributed by atoms with Gasteiger partial charge in [-0.3, -0.25) is 4.79 Å². The molecule has 1 saturated heterocycles. The van der Waals surface area contributed by atoms with E-state index in [2.05, 4.69) is 10.6 Å². The number of amides is 1. The second-order valence-electron chi connectivity index (χ2n) is 3.54. The van der Waals surface area contributed by atoms with Crippen molar-refractivity contribution in [1.29, 1.82) is 0 Å². The molecule has 3 heteroatoms. The second kappa shape index (κ2) is 2.81. The van der Waals surface area contributed by atoms with E-state index in [9.17, 15) is 4.79 Å². The number of carbonyl (C=O) groups excluding carboxylic acids is 1. The van der Waals surface area contributed by atoms with Crippen LogP contribution in [-0.4, -0.2) is 25.5 Å². The van der Waals surface area contributed by atoms with Gasteiger partial charge >= 0.3 is 0 Å². The zero-order valence-corrected chi connectivity index (χ0v) is 6.55. The summed E-state index contributed by atoms with van der Waals surface area (Å²) in [6.07, 6.45) is 3.25. The normalized spacial score (nSPS) is 42.0. The monoisotopic (exact) mass is 154 g/mol. The third-order valence-electron chi connectivity index (χ3n) is 3.02. The molecule has 0 aromatic heterocycles. The molecule has 2 N–H and O–H groups in total. The van der Waals surface area contributed by atoms with Gasteiger partial charge in [-0.05, 0) is 37.8 Å². The van der Waals surface area contributed by atoms with E-state index in [1.165, 1.54) is 12.8 Å². The van der Waals surface area contributed by atoms with Crippen LogP contribution in [-0.2, 0) is 4.79 Å². The zero-order chi connectivity index (χ0) is 7.68. The van der Waals surface area contributed by atoms with Crippen LogP contribution in [0.3, 0.4) is 0 Å². The van der Waals surface area contributed by atoms with Gasteiger partial charge in [-0.25, -0.2) is 0 Å². The van der Waals surface area contributed by atoms with Gasteiger partial charge in [0.25, 0.3) is 0 Å². The number of hydrogen-bond donors (Lipinski definition) is 2. The lowest BCUT2D eigenvalue weighted by Gasteiger charge is -2.47. The van der Waals surface area contributed by atoms with Crippen LogP contribution in [0.1, 0.15) is 12.8 Å². The Morgan fingerprint density at radius 1 is 1.55 bits per heavy atom. The SMILES string of the molecule is O=CNC1CC2CNCCC21. The maximum atomic E-state index is 10.2. The van der Waals surface area contributed by atoms with Gasteiger partial charge in [0.15, 0.2) is 0 Å². The Morgan fingerprint density at radius 3 is 3.18 bits per heavy atom. The van der Waals surface area contributed by atoms with Crippen molar-refractivity contribution in [1.82, 2.24) is 10.6 Å². The van der Waals surface area contributed by atoms with Crippen LogP contribution < -0.4 is 10.6 Å². The molecule has 0 aromatic carbocycles. The molecule has 0 radical (unpaired) electrons. The van der Waals surface area contributed by atoms with Crippen molar-refractivity contribution >= 4 is 6.41 Å². The lowest BCUT2D eigenvalue weighted by molar-refractivity contribution is -0.112. The fourth-order valence-corrected chi connectivity index (χ4v) is 2.32. The molecule has 0 aromatic rings. The third kappa shape index (κ3) is 1.13. The maximum Gasteiger partial charge on any atom is 0.207 e. The summed E-state index contributed by atoms with van der Waals surface area (Å²) in [5.41, 5.74) is 0. The van der Waals surface area contributed by atoms with Gasteiger partial charge in [-0.2, -0.15) is 0 Å². The molecule has 1 amide bonds. The first kappa shape index (κ1) is 7.10. The van der Waals surface area contributed by atoms with Gasteiger partial charge in [0, 0.05) is 6.04 Å². The standard InChI is InChI=1S/C8H14N2O/c11-5-10-8-3-6-4-9-2-1-7(6)8/h5-9H,1-4H2,(H,10,11). The Labute approximate surface area is 66.5 Å². The molecule has 2 aliphatic rings.